The van der Waals surface area contributed by atoms with Gasteiger partial charge in [-0.25, -0.2) is 18.7 Å². The second-order valence-corrected chi connectivity index (χ2v) is 12.0. The topological polar surface area (TPSA) is 95.5 Å². The number of halogens is 2. The molecular formula is C34H29F2N5O4S. The molecule has 234 valence electrons. The Bertz CT molecular complexity index is 2150. The third kappa shape index (κ3) is 5.13. The fourth-order valence-corrected chi connectivity index (χ4v) is 6.89. The van der Waals surface area contributed by atoms with Gasteiger partial charge in [-0.2, -0.15) is 5.10 Å². The third-order valence-corrected chi connectivity index (χ3v) is 8.99. The summed E-state index contributed by atoms with van der Waals surface area (Å²) in [7, 11) is 1.52. The lowest BCUT2D eigenvalue weighted by Crippen LogP contribution is -2.44. The molecule has 1 atom stereocenters. The highest BCUT2D eigenvalue weighted by Crippen LogP contribution is 2.47. The normalized spacial score (nSPS) is 14.6. The van der Waals surface area contributed by atoms with Crippen LogP contribution >= 0.6 is 11.3 Å². The van der Waals surface area contributed by atoms with Gasteiger partial charge in [0, 0.05) is 53.4 Å². The summed E-state index contributed by atoms with van der Waals surface area (Å²) in [4.78, 5) is 23.9. The van der Waals surface area contributed by atoms with Crippen molar-refractivity contribution in [3.8, 4) is 39.5 Å². The molecule has 7 rings (SSSR count). The minimum Gasteiger partial charge on any atom is -0.490 e. The van der Waals surface area contributed by atoms with Gasteiger partial charge in [0.1, 0.15) is 40.9 Å². The predicted octanol–water partition coefficient (Wildman–Crippen LogP) is 7.16. The second-order valence-electron chi connectivity index (χ2n) is 11.1. The standard InChI is InChI=1S/C34H29F2N5O4S/c1-5-29(42)40-17-22-15-26(39-41(22)16-18(40)2)33-31(30-24(36)13-21(35)14-28(30)44-10-9-43-4)34-23(8-11-46-34)32(38-33)20-6-7-25-27(12-20)45-19(3)37-25/h5-8,11-15,18H,1,9-10,16-17H2,2-4H3/t18-/m1/s1. The van der Waals surface area contributed by atoms with Crippen LogP contribution in [0.15, 0.2) is 64.9 Å². The Hall–Kier alpha value is -4.94. The van der Waals surface area contributed by atoms with Gasteiger partial charge in [-0.3, -0.25) is 9.48 Å². The van der Waals surface area contributed by atoms with Gasteiger partial charge in [0.15, 0.2) is 11.5 Å². The number of hydrogen-bond acceptors (Lipinski definition) is 8. The average Bonchev–Trinajstić information content (AvgIpc) is 3.77. The van der Waals surface area contributed by atoms with Crippen LogP contribution < -0.4 is 4.74 Å². The Kier molecular flexibility index (Phi) is 7.61. The van der Waals surface area contributed by atoms with E-state index in [1.165, 1.54) is 30.6 Å². The molecule has 6 aromatic rings. The van der Waals surface area contributed by atoms with Crippen molar-refractivity contribution in [1.29, 1.82) is 0 Å². The first kappa shape index (κ1) is 29.8. The zero-order valence-corrected chi connectivity index (χ0v) is 26.2. The van der Waals surface area contributed by atoms with Gasteiger partial charge < -0.3 is 18.8 Å². The molecule has 0 N–H and O–H groups in total. The molecule has 0 unspecified atom stereocenters. The van der Waals surface area contributed by atoms with Crippen LogP contribution in [0.4, 0.5) is 8.78 Å². The molecule has 0 radical (unpaired) electrons. The molecule has 1 aliphatic heterocycles. The Morgan fingerprint density at radius 3 is 2.78 bits per heavy atom. The first-order chi connectivity index (χ1) is 22.2. The van der Waals surface area contributed by atoms with Crippen LogP contribution in [-0.4, -0.2) is 56.9 Å². The number of ether oxygens (including phenoxy) is 2. The summed E-state index contributed by atoms with van der Waals surface area (Å²) in [6.45, 7) is 8.46. The van der Waals surface area contributed by atoms with Crippen LogP contribution in [0.1, 0.15) is 18.5 Å². The number of benzene rings is 2. The summed E-state index contributed by atoms with van der Waals surface area (Å²) < 4.78 is 50.0. The molecule has 46 heavy (non-hydrogen) atoms. The number of carbonyl (C=O) groups excluding carboxylic acids is 1. The zero-order chi connectivity index (χ0) is 32.1. The third-order valence-electron chi connectivity index (χ3n) is 8.06. The fourth-order valence-electron chi connectivity index (χ4n) is 5.94. The first-order valence-corrected chi connectivity index (χ1v) is 15.5. The van der Waals surface area contributed by atoms with Crippen molar-refractivity contribution < 1.29 is 27.5 Å². The molecule has 2 aromatic carbocycles. The lowest BCUT2D eigenvalue weighted by Gasteiger charge is -2.33. The molecule has 9 nitrogen and oxygen atoms in total. The van der Waals surface area contributed by atoms with Crippen molar-refractivity contribution in [2.24, 2.45) is 0 Å². The Balaban J connectivity index is 1.49. The van der Waals surface area contributed by atoms with Gasteiger partial charge in [-0.05, 0) is 42.6 Å². The summed E-state index contributed by atoms with van der Waals surface area (Å²) in [5.74, 6) is -1.16. The number of rotatable bonds is 8. The van der Waals surface area contributed by atoms with E-state index in [1.54, 1.807) is 11.8 Å². The fraction of sp³-hybridized carbons (Fsp3) is 0.235. The van der Waals surface area contributed by atoms with E-state index < -0.39 is 11.6 Å². The first-order valence-electron chi connectivity index (χ1n) is 14.7. The highest BCUT2D eigenvalue weighted by molar-refractivity contribution is 7.18. The van der Waals surface area contributed by atoms with E-state index in [4.69, 9.17) is 24.0 Å². The van der Waals surface area contributed by atoms with Crippen molar-refractivity contribution in [2.75, 3.05) is 20.3 Å². The highest BCUT2D eigenvalue weighted by atomic mass is 32.1. The molecule has 12 heteroatoms. The Morgan fingerprint density at radius 1 is 1.13 bits per heavy atom. The lowest BCUT2D eigenvalue weighted by molar-refractivity contribution is -0.129. The molecule has 1 aliphatic rings. The molecule has 4 aromatic heterocycles. The number of fused-ring (bicyclic) bond motifs is 3. The summed E-state index contributed by atoms with van der Waals surface area (Å²) in [6.07, 6.45) is 1.30. The van der Waals surface area contributed by atoms with Crippen molar-refractivity contribution in [1.82, 2.24) is 24.6 Å². The SMILES string of the molecule is C=CC(=O)N1Cc2cc(-c3nc(-c4ccc5nc(C)oc5c4)c4ccsc4c3-c3c(F)cc(F)cc3OCCOC)nn2C[C@H]1C. The molecule has 0 saturated carbocycles. The lowest BCUT2D eigenvalue weighted by atomic mass is 9.96. The van der Waals surface area contributed by atoms with Gasteiger partial charge in [0.05, 0.1) is 36.6 Å². The van der Waals surface area contributed by atoms with E-state index in [1.807, 2.05) is 47.3 Å². The molecule has 5 heterocycles. The van der Waals surface area contributed by atoms with Crippen molar-refractivity contribution >= 4 is 38.4 Å². The Morgan fingerprint density at radius 2 is 1.98 bits per heavy atom. The van der Waals surface area contributed by atoms with Gasteiger partial charge in [-0.15, -0.1) is 11.3 Å². The number of aryl methyl sites for hydroxylation is 1. The molecule has 0 aliphatic carbocycles. The predicted molar refractivity (Wildman–Crippen MR) is 172 cm³/mol. The summed E-state index contributed by atoms with van der Waals surface area (Å²) >= 11 is 1.41. The van der Waals surface area contributed by atoms with Crippen molar-refractivity contribution in [3.63, 3.8) is 0 Å². The van der Waals surface area contributed by atoms with E-state index in [9.17, 15) is 9.18 Å². The monoisotopic (exact) mass is 641 g/mol. The van der Waals surface area contributed by atoms with Gasteiger partial charge in [0.25, 0.3) is 0 Å². The van der Waals surface area contributed by atoms with Gasteiger partial charge >= 0.3 is 0 Å². The minimum atomic E-state index is -0.795. The molecule has 0 bridgehead atoms. The number of amides is 1. The number of aromatic nitrogens is 4. The van der Waals surface area contributed by atoms with Crippen LogP contribution in [0.3, 0.4) is 0 Å². The minimum absolute atomic E-state index is 0.0268. The maximum absolute atomic E-state index is 16.0. The summed E-state index contributed by atoms with van der Waals surface area (Å²) in [6, 6.07) is 11.4. The molecule has 0 fully saturated rings. The smallest absolute Gasteiger partial charge is 0.246 e. The van der Waals surface area contributed by atoms with Crippen LogP contribution in [0.2, 0.25) is 0 Å². The van der Waals surface area contributed by atoms with Crippen molar-refractivity contribution in [2.45, 2.75) is 33.0 Å². The van der Waals surface area contributed by atoms with Gasteiger partial charge in [-0.1, -0.05) is 12.6 Å². The number of methoxy groups -OCH3 is 1. The van der Waals surface area contributed by atoms with Crippen LogP contribution in [-0.2, 0) is 22.6 Å². The zero-order valence-electron chi connectivity index (χ0n) is 25.3. The van der Waals surface area contributed by atoms with E-state index in [0.717, 1.165) is 32.9 Å². The van der Waals surface area contributed by atoms with E-state index in [2.05, 4.69) is 11.6 Å². The quantitative estimate of drug-likeness (QED) is 0.129. The maximum Gasteiger partial charge on any atom is 0.246 e. The second kappa shape index (κ2) is 11.8. The van der Waals surface area contributed by atoms with Gasteiger partial charge in [0.2, 0.25) is 5.91 Å². The number of pyridine rings is 1. The number of oxazole rings is 1. The number of carbonyl (C=O) groups is 1. The van der Waals surface area contributed by atoms with Crippen LogP contribution in [0.25, 0.3) is 55.0 Å². The molecular weight excluding hydrogens is 612 g/mol. The maximum atomic E-state index is 16.0. The van der Waals surface area contributed by atoms with Crippen LogP contribution in [0.5, 0.6) is 5.75 Å². The number of hydrogen-bond donors (Lipinski definition) is 0. The van der Waals surface area contributed by atoms with E-state index in [-0.39, 0.29) is 36.5 Å². The van der Waals surface area contributed by atoms with E-state index >= 15 is 4.39 Å². The Labute approximate surface area is 266 Å². The van der Waals surface area contributed by atoms with Crippen LogP contribution in [0, 0.1) is 18.6 Å². The summed E-state index contributed by atoms with van der Waals surface area (Å²) in [5, 5.41) is 7.60. The number of thiophene rings is 1. The van der Waals surface area contributed by atoms with Crippen molar-refractivity contribution in [3.05, 3.63) is 83.7 Å². The summed E-state index contributed by atoms with van der Waals surface area (Å²) in [5.41, 5.74) is 4.90. The average molecular weight is 642 g/mol. The van der Waals surface area contributed by atoms with E-state index in [0.29, 0.717) is 47.2 Å². The molecule has 0 spiro atoms. The number of nitrogens with zero attached hydrogens (tertiary/aromatic N) is 5. The molecule has 1 amide bonds. The molecule has 0 saturated heterocycles. The highest BCUT2D eigenvalue weighted by Gasteiger charge is 2.30. The largest absolute Gasteiger partial charge is 0.490 e.